The van der Waals surface area contributed by atoms with Gasteiger partial charge in [0.05, 0.1) is 54.9 Å². The molecule has 29 heteroatoms. The number of aromatic nitrogens is 2. The van der Waals surface area contributed by atoms with Crippen LogP contribution < -0.4 is 10.6 Å². The third-order valence-corrected chi connectivity index (χ3v) is 14.6. The fourth-order valence-electron chi connectivity index (χ4n) is 7.42. The van der Waals surface area contributed by atoms with Gasteiger partial charge in [0.1, 0.15) is 29.4 Å². The van der Waals surface area contributed by atoms with E-state index in [0.29, 0.717) is 17.7 Å². The van der Waals surface area contributed by atoms with Crippen LogP contribution in [-0.4, -0.2) is 125 Å². The van der Waals surface area contributed by atoms with Gasteiger partial charge in [0.15, 0.2) is 40.2 Å². The van der Waals surface area contributed by atoms with Crippen molar-refractivity contribution in [2.75, 3.05) is 43.6 Å². The number of ether oxygens (including phenoxy) is 2. The summed E-state index contributed by atoms with van der Waals surface area (Å²) in [6.07, 6.45) is -2.90. The highest BCUT2D eigenvalue weighted by molar-refractivity contribution is 9.10. The van der Waals surface area contributed by atoms with E-state index in [1.54, 1.807) is 25.9 Å². The van der Waals surface area contributed by atoms with Gasteiger partial charge in [0.25, 0.3) is 5.69 Å². The van der Waals surface area contributed by atoms with Gasteiger partial charge in [-0.25, -0.2) is 17.6 Å². The normalized spacial score (nSPS) is 14.3. The van der Waals surface area contributed by atoms with Gasteiger partial charge in [-0.3, -0.25) is 43.3 Å². The number of anilines is 1. The standard InChI is InChI=1S/C15H12BrClF4N2O2.C15H22ClNO2.C14H13NO7S.C5H12NO4P/c1-6(2)25-14(24)7-4-8(10(18)5-9(7)17)12-11(16)13(15(19,20)21)23(3)22-12;1-5-13-8-6-7-11(2)15(13)17(14(18)9-16)12(3)10-19-4;1-23(21,22)8-5-6-9(10(7-8)15(19)20)14(18)13-11(16)3-2-4-12(13)17;1-11(9,10)3-2-4(6)5(7)8/h4-6H,1-3H3;6-8,12H,5,9-10H2,1-4H3;5-7,13H,2-4H2,1H3;4H,2-3,6H2,1H3,(H,7,8)(H,9,10). The van der Waals surface area contributed by atoms with Crippen molar-refractivity contribution in [1.82, 2.24) is 9.78 Å². The SMILES string of the molecule is CC(C)OC(=O)c1cc(-c2nn(C)c(C(F)(F)F)c2Br)c(F)cc1Cl.CCc1cccc(C)c1N(C(=O)CCl)C(C)COC.CP(=O)(O)CCC(N)C(=O)O.CS(=O)(=O)c1ccc(C(=O)C2C(=O)CCCC2=O)c([N+](=O)[O-])c1. The van der Waals surface area contributed by atoms with Crippen molar-refractivity contribution < 1.29 is 83.7 Å². The van der Waals surface area contributed by atoms with Crippen molar-refractivity contribution in [1.29, 1.82) is 0 Å². The number of Topliss-reactive ketones (excluding diaryl/α,β-unsaturated/α-hetero) is 3. The van der Waals surface area contributed by atoms with Gasteiger partial charge in [0.2, 0.25) is 5.91 Å². The number of nitro benzene ring substituents is 1. The van der Waals surface area contributed by atoms with Crippen molar-refractivity contribution in [3.63, 3.8) is 0 Å². The zero-order valence-electron chi connectivity index (χ0n) is 43.7. The van der Waals surface area contributed by atoms with Gasteiger partial charge < -0.3 is 30.1 Å². The van der Waals surface area contributed by atoms with Crippen LogP contribution in [0, 0.1) is 28.8 Å². The van der Waals surface area contributed by atoms with Crippen LogP contribution in [0.15, 0.2) is 57.9 Å². The Bertz CT molecular complexity index is 3030. The number of aryl methyl sites for hydroxylation is 3. The summed E-state index contributed by atoms with van der Waals surface area (Å²) < 4.78 is 97.4. The van der Waals surface area contributed by atoms with Crippen LogP contribution >= 0.6 is 46.5 Å². The highest BCUT2D eigenvalue weighted by Gasteiger charge is 2.41. The Labute approximate surface area is 465 Å². The number of carboxylic acid groups (broad SMARTS) is 1. The molecule has 0 radical (unpaired) electrons. The van der Waals surface area contributed by atoms with Gasteiger partial charge in [-0.1, -0.05) is 36.7 Å². The second-order valence-corrected chi connectivity index (χ2v) is 23.9. The molecule has 78 heavy (non-hydrogen) atoms. The number of carbonyl (C=O) groups is 6. The number of carbonyl (C=O) groups excluding carboxylic acids is 5. The van der Waals surface area contributed by atoms with Gasteiger partial charge >= 0.3 is 18.1 Å². The molecule has 0 spiro atoms. The van der Waals surface area contributed by atoms with Crippen molar-refractivity contribution in [2.45, 2.75) is 96.0 Å². The minimum Gasteiger partial charge on any atom is -0.480 e. The number of esters is 1. The number of aliphatic carboxylic acids is 1. The van der Waals surface area contributed by atoms with E-state index in [9.17, 15) is 69.4 Å². The fourth-order valence-corrected chi connectivity index (χ4v) is 9.95. The predicted molar refractivity (Wildman–Crippen MR) is 286 cm³/mol. The smallest absolute Gasteiger partial charge is 0.434 e. The van der Waals surface area contributed by atoms with Crippen LogP contribution in [0.2, 0.25) is 5.02 Å². The lowest BCUT2D eigenvalue weighted by atomic mass is 9.81. The third kappa shape index (κ3) is 19.4. The van der Waals surface area contributed by atoms with Crippen LogP contribution in [0.25, 0.3) is 11.3 Å². The molecular formula is C49H59BrCl2F4N5O15PS. The number of hydrogen-bond acceptors (Lipinski definition) is 15. The van der Waals surface area contributed by atoms with E-state index in [2.05, 4.69) is 34.0 Å². The molecule has 1 aliphatic carbocycles. The van der Waals surface area contributed by atoms with Crippen molar-refractivity contribution in [2.24, 2.45) is 18.7 Å². The average Bonchev–Trinajstić information content (AvgIpc) is 3.63. The topological polar surface area (TPSA) is 303 Å². The molecule has 0 bridgehead atoms. The molecule has 20 nitrogen and oxygen atoms in total. The molecule has 5 rings (SSSR count). The molecule has 4 aromatic rings. The van der Waals surface area contributed by atoms with Crippen molar-refractivity contribution >= 4 is 103 Å². The summed E-state index contributed by atoms with van der Waals surface area (Å²) in [4.78, 5) is 90.8. The number of hydrogen-bond donors (Lipinski definition) is 3. The Morgan fingerprint density at radius 3 is 2.13 bits per heavy atom. The molecule has 1 heterocycles. The first kappa shape index (κ1) is 68.6. The number of nitrogens with two attached hydrogens (primary N) is 1. The summed E-state index contributed by atoms with van der Waals surface area (Å²) in [5, 5.41) is 22.9. The third-order valence-electron chi connectivity index (χ3n) is 11.1. The van der Waals surface area contributed by atoms with E-state index in [4.69, 9.17) is 48.4 Å². The number of halogens is 7. The molecule has 3 atom stereocenters. The summed E-state index contributed by atoms with van der Waals surface area (Å²) in [7, 11) is -4.08. The number of benzene rings is 3. The highest BCUT2D eigenvalue weighted by Crippen LogP contribution is 2.41. The number of ketones is 3. The van der Waals surface area contributed by atoms with E-state index in [-0.39, 0.29) is 70.0 Å². The number of rotatable bonds is 17. The molecule has 4 N–H and O–H groups in total. The van der Waals surface area contributed by atoms with Gasteiger partial charge in [0, 0.05) is 57.7 Å². The fraction of sp³-hybridized carbons (Fsp3) is 0.449. The first-order chi connectivity index (χ1) is 35.9. The molecule has 0 saturated heterocycles. The first-order valence-electron chi connectivity index (χ1n) is 23.3. The highest BCUT2D eigenvalue weighted by atomic mass is 79.9. The summed E-state index contributed by atoms with van der Waals surface area (Å²) in [6.45, 7) is 11.0. The number of sulfone groups is 1. The van der Waals surface area contributed by atoms with Crippen LogP contribution in [0.1, 0.15) is 90.9 Å². The molecular weight excluding hydrogens is 1190 g/mol. The maximum atomic E-state index is 14.3. The molecule has 0 aliphatic heterocycles. The lowest BCUT2D eigenvalue weighted by molar-refractivity contribution is -0.385. The number of methoxy groups -OCH3 is 1. The molecule has 430 valence electrons. The quantitative estimate of drug-likeness (QED) is 0.0130. The van der Waals surface area contributed by atoms with E-state index < -0.39 is 103 Å². The zero-order valence-corrected chi connectivity index (χ0v) is 48.5. The molecule has 3 aromatic carbocycles. The van der Waals surface area contributed by atoms with E-state index >= 15 is 0 Å². The van der Waals surface area contributed by atoms with Gasteiger partial charge in [-0.05, 0) is 98.3 Å². The number of amides is 1. The second-order valence-electron chi connectivity index (χ2n) is 17.8. The lowest BCUT2D eigenvalue weighted by Gasteiger charge is -2.31. The Morgan fingerprint density at radius 2 is 1.67 bits per heavy atom. The molecule has 1 aromatic heterocycles. The summed E-state index contributed by atoms with van der Waals surface area (Å²) >= 11 is 14.4. The number of nitrogens with zero attached hydrogens (tertiary/aromatic N) is 4. The van der Waals surface area contributed by atoms with E-state index in [1.807, 2.05) is 26.0 Å². The van der Waals surface area contributed by atoms with Gasteiger partial charge in [-0.15, -0.1) is 11.6 Å². The summed E-state index contributed by atoms with van der Waals surface area (Å²) in [5.74, 6) is -6.60. The summed E-state index contributed by atoms with van der Waals surface area (Å²) in [5.41, 5.74) is 5.28. The second kappa shape index (κ2) is 29.7. The Balaban J connectivity index is 0.000000368. The zero-order chi connectivity index (χ0) is 59.9. The van der Waals surface area contributed by atoms with Crippen LogP contribution in [-0.2, 0) is 62.7 Å². The molecule has 1 amide bonds. The first-order valence-corrected chi connectivity index (χ1v) is 29.2. The molecule has 3 unspecified atom stereocenters. The Morgan fingerprint density at radius 1 is 1.08 bits per heavy atom. The number of nitro groups is 1. The average molecular weight is 1250 g/mol. The molecule has 1 aliphatic rings. The largest absolute Gasteiger partial charge is 0.480 e. The molecule has 1 saturated carbocycles. The maximum absolute atomic E-state index is 14.3. The molecule has 1 fully saturated rings. The van der Waals surface area contributed by atoms with Crippen LogP contribution in [0.3, 0.4) is 0 Å². The van der Waals surface area contributed by atoms with Crippen molar-refractivity contribution in [3.05, 3.63) is 102 Å². The Hall–Kier alpha value is -5.47. The number of para-hydroxylation sites is 1. The predicted octanol–water partition coefficient (Wildman–Crippen LogP) is 9.20. The number of alkyl halides is 4. The van der Waals surface area contributed by atoms with E-state index in [0.717, 1.165) is 66.9 Å². The number of carboxylic acids is 1. The minimum absolute atomic E-state index is 0.0223. The monoisotopic (exact) mass is 1250 g/mol. The van der Waals surface area contributed by atoms with Crippen LogP contribution in [0.5, 0.6) is 0 Å². The van der Waals surface area contributed by atoms with Crippen molar-refractivity contribution in [3.8, 4) is 11.3 Å². The maximum Gasteiger partial charge on any atom is 0.434 e. The van der Waals surface area contributed by atoms with Gasteiger partial charge in [-0.2, -0.15) is 18.3 Å². The summed E-state index contributed by atoms with van der Waals surface area (Å²) in [6, 6.07) is 9.66. The lowest BCUT2D eigenvalue weighted by Crippen LogP contribution is -2.43. The Kier molecular flexibility index (Phi) is 26.1. The van der Waals surface area contributed by atoms with E-state index in [1.165, 1.54) is 6.66 Å². The minimum atomic E-state index is -4.69. The van der Waals surface area contributed by atoms with Crippen LogP contribution in [0.4, 0.5) is 28.9 Å².